The molecular formula is C37H39F3N4O3. The van der Waals surface area contributed by atoms with Crippen LogP contribution in [-0.4, -0.2) is 52.5 Å². The molecule has 1 saturated heterocycles. The zero-order valence-corrected chi connectivity index (χ0v) is 26.0. The Morgan fingerprint density at radius 3 is 2.40 bits per heavy atom. The number of alkyl halides is 3. The molecule has 47 heavy (non-hydrogen) atoms. The lowest BCUT2D eigenvalue weighted by atomic mass is 9.90. The lowest BCUT2D eigenvalue weighted by Crippen LogP contribution is -2.36. The Kier molecular flexibility index (Phi) is 11.4. The van der Waals surface area contributed by atoms with Crippen molar-refractivity contribution in [3.05, 3.63) is 137 Å². The second-order valence-electron chi connectivity index (χ2n) is 11.9. The summed E-state index contributed by atoms with van der Waals surface area (Å²) in [6, 6.07) is 25.3. The summed E-state index contributed by atoms with van der Waals surface area (Å²) in [6.07, 6.45) is 1.00. The summed E-state index contributed by atoms with van der Waals surface area (Å²) in [6.45, 7) is 1.27. The average molecular weight is 645 g/mol. The first-order valence-corrected chi connectivity index (χ1v) is 15.9. The van der Waals surface area contributed by atoms with Crippen molar-refractivity contribution in [3.63, 3.8) is 0 Å². The van der Waals surface area contributed by atoms with Crippen molar-refractivity contribution in [1.82, 2.24) is 20.5 Å². The molecule has 2 amide bonds. The number of likely N-dealkylation sites (tertiary alicyclic amines) is 1. The predicted octanol–water partition coefficient (Wildman–Crippen LogP) is 6.21. The number of hydrogen-bond acceptors (Lipinski definition) is 5. The Balaban J connectivity index is 1.18. The smallest absolute Gasteiger partial charge is 0.392 e. The zero-order valence-electron chi connectivity index (χ0n) is 26.0. The summed E-state index contributed by atoms with van der Waals surface area (Å²) in [4.78, 5) is 32.6. The lowest BCUT2D eigenvalue weighted by molar-refractivity contribution is -0.137. The van der Waals surface area contributed by atoms with Gasteiger partial charge in [-0.2, -0.15) is 13.2 Å². The van der Waals surface area contributed by atoms with E-state index in [1.165, 1.54) is 6.07 Å². The van der Waals surface area contributed by atoms with Gasteiger partial charge in [0, 0.05) is 49.7 Å². The van der Waals surface area contributed by atoms with Crippen molar-refractivity contribution < 1.29 is 27.9 Å². The van der Waals surface area contributed by atoms with E-state index in [-0.39, 0.29) is 43.4 Å². The van der Waals surface area contributed by atoms with Crippen molar-refractivity contribution in [2.45, 2.75) is 50.6 Å². The largest absolute Gasteiger partial charge is 0.416 e. The SMILES string of the molecule is O=C(NCC[C@@H](Cc1ccccc1)[C@H](O)CNCc1cccc(C(F)(F)F)c1)c1cccc(C(=O)N2CCCC2c2ccncc2)c1. The summed E-state index contributed by atoms with van der Waals surface area (Å²) >= 11 is 0. The molecule has 1 aliphatic heterocycles. The molecule has 3 aromatic carbocycles. The highest BCUT2D eigenvalue weighted by atomic mass is 19.4. The highest BCUT2D eigenvalue weighted by Crippen LogP contribution is 2.33. The maximum absolute atomic E-state index is 13.5. The fraction of sp³-hybridized carbons (Fsp3) is 0.324. The molecule has 2 heterocycles. The molecule has 10 heteroatoms. The quantitative estimate of drug-likeness (QED) is 0.161. The molecule has 0 bridgehead atoms. The number of carbonyl (C=O) groups excluding carboxylic acids is 2. The van der Waals surface area contributed by atoms with Crippen molar-refractivity contribution in [3.8, 4) is 0 Å². The van der Waals surface area contributed by atoms with Gasteiger partial charge in [-0.05, 0) is 84.7 Å². The molecule has 0 spiro atoms. The van der Waals surface area contributed by atoms with Crippen LogP contribution in [0.3, 0.4) is 0 Å². The minimum Gasteiger partial charge on any atom is -0.392 e. The second kappa shape index (κ2) is 15.8. The number of nitrogens with one attached hydrogen (secondary N) is 2. The van der Waals surface area contributed by atoms with E-state index in [4.69, 9.17) is 0 Å². The fourth-order valence-corrected chi connectivity index (χ4v) is 6.11. The summed E-state index contributed by atoms with van der Waals surface area (Å²) in [5, 5.41) is 17.1. The topological polar surface area (TPSA) is 94.6 Å². The van der Waals surface area contributed by atoms with Gasteiger partial charge in [0.05, 0.1) is 17.7 Å². The third kappa shape index (κ3) is 9.27. The number of amides is 2. The molecule has 4 aromatic rings. The summed E-state index contributed by atoms with van der Waals surface area (Å²) in [7, 11) is 0. The molecule has 3 N–H and O–H groups in total. The molecule has 0 aliphatic carbocycles. The van der Waals surface area contributed by atoms with Gasteiger partial charge in [-0.3, -0.25) is 14.6 Å². The normalized spacial score (nSPS) is 16.1. The van der Waals surface area contributed by atoms with Gasteiger partial charge >= 0.3 is 6.18 Å². The molecular weight excluding hydrogens is 605 g/mol. The maximum Gasteiger partial charge on any atom is 0.416 e. The van der Waals surface area contributed by atoms with Gasteiger partial charge in [0.2, 0.25) is 0 Å². The van der Waals surface area contributed by atoms with Crippen LogP contribution < -0.4 is 10.6 Å². The van der Waals surface area contributed by atoms with E-state index in [0.717, 1.165) is 36.1 Å². The lowest BCUT2D eigenvalue weighted by Gasteiger charge is -2.25. The van der Waals surface area contributed by atoms with Gasteiger partial charge in [-0.1, -0.05) is 54.6 Å². The van der Waals surface area contributed by atoms with Gasteiger partial charge in [0.15, 0.2) is 0 Å². The molecule has 3 atom stereocenters. The van der Waals surface area contributed by atoms with Crippen LogP contribution in [0.1, 0.15) is 68.3 Å². The monoisotopic (exact) mass is 644 g/mol. The fourth-order valence-electron chi connectivity index (χ4n) is 6.11. The van der Waals surface area contributed by atoms with Gasteiger partial charge < -0.3 is 20.6 Å². The van der Waals surface area contributed by atoms with Crippen molar-refractivity contribution >= 4 is 11.8 Å². The number of carbonyl (C=O) groups is 2. The average Bonchev–Trinajstić information content (AvgIpc) is 3.58. The van der Waals surface area contributed by atoms with Gasteiger partial charge in [-0.15, -0.1) is 0 Å². The number of hydrogen-bond donors (Lipinski definition) is 3. The number of aromatic nitrogens is 1. The molecule has 246 valence electrons. The highest BCUT2D eigenvalue weighted by molar-refractivity contribution is 5.99. The molecule has 5 rings (SSSR count). The second-order valence-corrected chi connectivity index (χ2v) is 11.9. The van der Waals surface area contributed by atoms with E-state index in [1.807, 2.05) is 47.4 Å². The van der Waals surface area contributed by atoms with Crippen LogP contribution in [0, 0.1) is 5.92 Å². The van der Waals surface area contributed by atoms with Crippen LogP contribution in [0.15, 0.2) is 103 Å². The number of aliphatic hydroxyl groups excluding tert-OH is 1. The molecule has 0 saturated carbocycles. The van der Waals surface area contributed by atoms with E-state index < -0.39 is 17.8 Å². The van der Waals surface area contributed by atoms with Crippen LogP contribution in [0.5, 0.6) is 0 Å². The standard InChI is InChI=1S/C37H39F3N4O3/c38-37(39,40)32-12-4-9-27(22-32)24-42-25-34(45)29(21-26-7-2-1-3-8-26)16-19-43-35(46)30-10-5-11-31(23-30)36(47)44-20-6-13-33(44)28-14-17-41-18-15-28/h1-5,7-12,14-15,17-18,22-23,29,33-34,42,45H,6,13,16,19-21,24-25H2,(H,43,46)/t29-,33?,34+/m0/s1. The molecule has 7 nitrogen and oxygen atoms in total. The Hall–Kier alpha value is -4.54. The van der Waals surface area contributed by atoms with Gasteiger partial charge in [-0.25, -0.2) is 0 Å². The number of nitrogens with zero attached hydrogens (tertiary/aromatic N) is 2. The van der Waals surface area contributed by atoms with Crippen molar-refractivity contribution in [1.29, 1.82) is 0 Å². The number of halogens is 3. The van der Waals surface area contributed by atoms with Crippen molar-refractivity contribution in [2.75, 3.05) is 19.6 Å². The van der Waals surface area contributed by atoms with E-state index in [1.54, 1.807) is 42.7 Å². The Morgan fingerprint density at radius 2 is 1.64 bits per heavy atom. The summed E-state index contributed by atoms with van der Waals surface area (Å²) in [5.74, 6) is -0.676. The van der Waals surface area contributed by atoms with Gasteiger partial charge in [0.1, 0.15) is 0 Å². The Bertz CT molecular complexity index is 1620. The van der Waals surface area contributed by atoms with E-state index in [9.17, 15) is 27.9 Å². The molecule has 1 fully saturated rings. The number of benzene rings is 3. The van der Waals surface area contributed by atoms with Crippen LogP contribution in [0.25, 0.3) is 0 Å². The van der Waals surface area contributed by atoms with Crippen LogP contribution in [0.2, 0.25) is 0 Å². The molecule has 0 radical (unpaired) electrons. The van der Waals surface area contributed by atoms with E-state index >= 15 is 0 Å². The highest BCUT2D eigenvalue weighted by Gasteiger charge is 2.31. The first-order valence-electron chi connectivity index (χ1n) is 15.9. The van der Waals surface area contributed by atoms with Crippen LogP contribution >= 0.6 is 0 Å². The minimum atomic E-state index is -4.42. The zero-order chi connectivity index (χ0) is 33.2. The van der Waals surface area contributed by atoms with Crippen LogP contribution in [-0.2, 0) is 19.1 Å². The first kappa shape index (κ1) is 33.8. The number of pyridine rings is 1. The predicted molar refractivity (Wildman–Crippen MR) is 173 cm³/mol. The third-order valence-corrected chi connectivity index (χ3v) is 8.60. The van der Waals surface area contributed by atoms with Crippen molar-refractivity contribution in [2.24, 2.45) is 5.92 Å². The number of aliphatic hydroxyl groups is 1. The summed E-state index contributed by atoms with van der Waals surface area (Å²) in [5.41, 5.74) is 2.64. The van der Waals surface area contributed by atoms with E-state index in [0.29, 0.717) is 36.1 Å². The van der Waals surface area contributed by atoms with Crippen LogP contribution in [0.4, 0.5) is 13.2 Å². The Morgan fingerprint density at radius 1 is 0.915 bits per heavy atom. The maximum atomic E-state index is 13.5. The third-order valence-electron chi connectivity index (χ3n) is 8.60. The molecule has 1 aliphatic rings. The molecule has 1 aromatic heterocycles. The van der Waals surface area contributed by atoms with Gasteiger partial charge in [0.25, 0.3) is 11.8 Å². The molecule has 1 unspecified atom stereocenters. The first-order chi connectivity index (χ1) is 22.7. The minimum absolute atomic E-state index is 0.0319. The Labute approximate surface area is 272 Å². The summed E-state index contributed by atoms with van der Waals surface area (Å²) < 4.78 is 39.3. The number of rotatable bonds is 13. The van der Waals surface area contributed by atoms with E-state index in [2.05, 4.69) is 15.6 Å².